The van der Waals surface area contributed by atoms with Crippen LogP contribution < -0.4 is 15.8 Å². The molecule has 0 aliphatic heterocycles. The Morgan fingerprint density at radius 2 is 1.76 bits per heavy atom. The molecular formula is C25H26F3N3O2. The van der Waals surface area contributed by atoms with E-state index in [0.29, 0.717) is 23.4 Å². The van der Waals surface area contributed by atoms with Gasteiger partial charge in [-0.2, -0.15) is 13.2 Å². The predicted octanol–water partition coefficient (Wildman–Crippen LogP) is 4.97. The summed E-state index contributed by atoms with van der Waals surface area (Å²) in [5.74, 6) is -0.890. The highest BCUT2D eigenvalue weighted by Crippen LogP contribution is 2.39. The summed E-state index contributed by atoms with van der Waals surface area (Å²) in [4.78, 5) is 29.3. The number of halogens is 3. The number of benzene rings is 2. The number of nitrogens with zero attached hydrogens (tertiary/aromatic N) is 1. The second-order valence-corrected chi connectivity index (χ2v) is 7.82. The number of nitrogens with one attached hydrogen (secondary N) is 2. The summed E-state index contributed by atoms with van der Waals surface area (Å²) in [6.07, 6.45) is -4.75. The average molecular weight is 457 g/mol. The summed E-state index contributed by atoms with van der Waals surface area (Å²) in [5.41, 5.74) is 0.569. The van der Waals surface area contributed by atoms with Crippen LogP contribution in [0.1, 0.15) is 45.2 Å². The standard InChI is InChI=1S/C25H26F3N3O2/c1-4-31(15-18-9-6-5-7-10-18)21-12-8-11-19(22(21)25(26,27)28)23(32)29-14-20-16(2)13-17(3)30-24(20)33/h5-13H,4,14-15H2,1-3H3,(H,29,32)(H,30,33). The average Bonchev–Trinajstić information content (AvgIpc) is 2.76. The molecule has 5 nitrogen and oxygen atoms in total. The van der Waals surface area contributed by atoms with Gasteiger partial charge in [0.05, 0.1) is 16.8 Å². The predicted molar refractivity (Wildman–Crippen MR) is 122 cm³/mol. The molecule has 0 aliphatic carbocycles. The summed E-state index contributed by atoms with van der Waals surface area (Å²) < 4.78 is 42.5. The Morgan fingerprint density at radius 3 is 2.36 bits per heavy atom. The zero-order valence-corrected chi connectivity index (χ0v) is 18.7. The van der Waals surface area contributed by atoms with Crippen LogP contribution in [0.25, 0.3) is 0 Å². The largest absolute Gasteiger partial charge is 0.419 e. The van der Waals surface area contributed by atoms with Gasteiger partial charge in [0, 0.05) is 30.9 Å². The molecule has 0 unspecified atom stereocenters. The van der Waals surface area contributed by atoms with E-state index in [1.807, 2.05) is 30.3 Å². The normalized spacial score (nSPS) is 11.3. The van der Waals surface area contributed by atoms with Crippen LogP contribution in [-0.2, 0) is 19.3 Å². The molecule has 2 N–H and O–H groups in total. The van der Waals surface area contributed by atoms with Crippen LogP contribution >= 0.6 is 0 Å². The van der Waals surface area contributed by atoms with Crippen molar-refractivity contribution in [3.05, 3.63) is 98.5 Å². The molecule has 1 heterocycles. The lowest BCUT2D eigenvalue weighted by Crippen LogP contribution is -2.31. The van der Waals surface area contributed by atoms with Gasteiger partial charge >= 0.3 is 6.18 Å². The Labute approximate surface area is 190 Å². The first-order valence-corrected chi connectivity index (χ1v) is 10.6. The van der Waals surface area contributed by atoms with Crippen LogP contribution in [0.15, 0.2) is 59.4 Å². The Morgan fingerprint density at radius 1 is 1.06 bits per heavy atom. The van der Waals surface area contributed by atoms with Gasteiger partial charge in [-0.25, -0.2) is 0 Å². The molecule has 33 heavy (non-hydrogen) atoms. The van der Waals surface area contributed by atoms with Crippen molar-refractivity contribution < 1.29 is 18.0 Å². The van der Waals surface area contributed by atoms with E-state index in [9.17, 15) is 22.8 Å². The third-order valence-electron chi connectivity index (χ3n) is 5.43. The van der Waals surface area contributed by atoms with Crippen LogP contribution in [-0.4, -0.2) is 17.4 Å². The van der Waals surface area contributed by atoms with Crippen LogP contribution in [0.3, 0.4) is 0 Å². The maximum Gasteiger partial charge on any atom is 0.419 e. The quantitative estimate of drug-likeness (QED) is 0.527. The lowest BCUT2D eigenvalue weighted by molar-refractivity contribution is -0.137. The molecule has 0 atom stereocenters. The molecule has 2 aromatic carbocycles. The Bertz CT molecular complexity index is 1190. The molecule has 0 bridgehead atoms. The topological polar surface area (TPSA) is 65.2 Å². The number of rotatable bonds is 7. The SMILES string of the molecule is CCN(Cc1ccccc1)c1cccc(C(=O)NCc2c(C)cc(C)[nH]c2=O)c1C(F)(F)F. The van der Waals surface area contributed by atoms with E-state index in [1.165, 1.54) is 12.1 Å². The fourth-order valence-corrected chi connectivity index (χ4v) is 3.83. The number of hydrogen-bond donors (Lipinski definition) is 2. The van der Waals surface area contributed by atoms with E-state index in [4.69, 9.17) is 0 Å². The molecule has 0 saturated carbocycles. The number of alkyl halides is 3. The molecule has 0 saturated heterocycles. The fraction of sp³-hybridized carbons (Fsp3) is 0.280. The van der Waals surface area contributed by atoms with Crippen LogP contribution in [0.2, 0.25) is 0 Å². The number of aromatic nitrogens is 1. The van der Waals surface area contributed by atoms with Crippen molar-refractivity contribution in [3.8, 4) is 0 Å². The second kappa shape index (κ2) is 9.94. The Hall–Kier alpha value is -3.55. The lowest BCUT2D eigenvalue weighted by atomic mass is 10.0. The smallest absolute Gasteiger partial charge is 0.367 e. The Balaban J connectivity index is 1.95. The van der Waals surface area contributed by atoms with E-state index < -0.39 is 23.2 Å². The third kappa shape index (κ3) is 5.63. The summed E-state index contributed by atoms with van der Waals surface area (Å²) >= 11 is 0. The number of pyridine rings is 1. The number of aryl methyl sites for hydroxylation is 2. The Kier molecular flexibility index (Phi) is 7.26. The van der Waals surface area contributed by atoms with Gasteiger partial charge in [0.15, 0.2) is 0 Å². The third-order valence-corrected chi connectivity index (χ3v) is 5.43. The van der Waals surface area contributed by atoms with Crippen molar-refractivity contribution >= 4 is 11.6 Å². The molecule has 1 amide bonds. The number of hydrogen-bond acceptors (Lipinski definition) is 3. The number of carbonyl (C=O) groups is 1. The highest BCUT2D eigenvalue weighted by molar-refractivity contribution is 5.97. The lowest BCUT2D eigenvalue weighted by Gasteiger charge is -2.28. The molecule has 8 heteroatoms. The maximum atomic E-state index is 14.2. The van der Waals surface area contributed by atoms with Gasteiger partial charge in [0.25, 0.3) is 11.5 Å². The minimum atomic E-state index is -4.75. The summed E-state index contributed by atoms with van der Waals surface area (Å²) in [6, 6.07) is 14.9. The maximum absolute atomic E-state index is 14.2. The van der Waals surface area contributed by atoms with Crippen LogP contribution in [0, 0.1) is 13.8 Å². The zero-order chi connectivity index (χ0) is 24.2. The number of amides is 1. The second-order valence-electron chi connectivity index (χ2n) is 7.82. The molecule has 0 aliphatic rings. The first-order valence-electron chi connectivity index (χ1n) is 10.6. The van der Waals surface area contributed by atoms with Gasteiger partial charge in [-0.1, -0.05) is 36.4 Å². The summed E-state index contributed by atoms with van der Waals surface area (Å²) in [6.45, 7) is 5.62. The highest BCUT2D eigenvalue weighted by Gasteiger charge is 2.39. The number of H-pyrrole nitrogens is 1. The molecule has 0 spiro atoms. The van der Waals surface area contributed by atoms with Gasteiger partial charge in [-0.15, -0.1) is 0 Å². The van der Waals surface area contributed by atoms with Gasteiger partial charge < -0.3 is 15.2 Å². The van der Waals surface area contributed by atoms with Crippen LogP contribution in [0.5, 0.6) is 0 Å². The molecule has 0 radical (unpaired) electrons. The highest BCUT2D eigenvalue weighted by atomic mass is 19.4. The van der Waals surface area contributed by atoms with Gasteiger partial charge in [0.1, 0.15) is 0 Å². The van der Waals surface area contributed by atoms with E-state index >= 15 is 0 Å². The van der Waals surface area contributed by atoms with Crippen molar-refractivity contribution in [1.82, 2.24) is 10.3 Å². The number of anilines is 1. The van der Waals surface area contributed by atoms with Crippen LogP contribution in [0.4, 0.5) is 18.9 Å². The summed E-state index contributed by atoms with van der Waals surface area (Å²) in [5, 5.41) is 2.49. The minimum absolute atomic E-state index is 0.0640. The first-order chi connectivity index (χ1) is 15.6. The van der Waals surface area contributed by atoms with E-state index in [-0.39, 0.29) is 24.3 Å². The fourth-order valence-electron chi connectivity index (χ4n) is 3.83. The van der Waals surface area contributed by atoms with Crippen molar-refractivity contribution in [1.29, 1.82) is 0 Å². The van der Waals surface area contributed by atoms with Crippen molar-refractivity contribution in [2.45, 2.75) is 40.0 Å². The summed E-state index contributed by atoms with van der Waals surface area (Å²) in [7, 11) is 0. The molecule has 0 fully saturated rings. The minimum Gasteiger partial charge on any atom is -0.367 e. The van der Waals surface area contributed by atoms with Crippen molar-refractivity contribution in [2.24, 2.45) is 0 Å². The van der Waals surface area contributed by atoms with Gasteiger partial charge in [0.2, 0.25) is 0 Å². The monoisotopic (exact) mass is 457 g/mol. The van der Waals surface area contributed by atoms with Gasteiger partial charge in [-0.05, 0) is 50.1 Å². The van der Waals surface area contributed by atoms with E-state index in [1.54, 1.807) is 31.7 Å². The molecule has 3 aromatic rings. The molecule has 1 aromatic heterocycles. The molecule has 3 rings (SSSR count). The van der Waals surface area contributed by atoms with E-state index in [0.717, 1.165) is 11.6 Å². The van der Waals surface area contributed by atoms with E-state index in [2.05, 4.69) is 10.3 Å². The number of carbonyl (C=O) groups excluding carboxylic acids is 1. The van der Waals surface area contributed by atoms with Crippen molar-refractivity contribution in [2.75, 3.05) is 11.4 Å². The molecular weight excluding hydrogens is 431 g/mol. The van der Waals surface area contributed by atoms with Crippen molar-refractivity contribution in [3.63, 3.8) is 0 Å². The zero-order valence-electron chi connectivity index (χ0n) is 18.7. The number of aromatic amines is 1. The first kappa shape index (κ1) is 24.1. The molecule has 174 valence electrons. The van der Waals surface area contributed by atoms with Gasteiger partial charge in [-0.3, -0.25) is 9.59 Å².